The molecule has 0 aromatic rings. The van der Waals surface area contributed by atoms with Crippen molar-refractivity contribution in [3.05, 3.63) is 0 Å². The maximum Gasteiger partial charge on any atom is 0.0105 e. The summed E-state index contributed by atoms with van der Waals surface area (Å²) in [7, 11) is 2.15. The molecule has 4 atom stereocenters. The summed E-state index contributed by atoms with van der Waals surface area (Å²) in [5, 5.41) is 3.58. The molecule has 2 rings (SSSR count). The molecule has 2 aliphatic rings. The van der Waals surface area contributed by atoms with Crippen LogP contribution in [-0.2, 0) is 0 Å². The van der Waals surface area contributed by atoms with Crippen LogP contribution in [0.3, 0.4) is 0 Å². The van der Waals surface area contributed by atoms with Crippen LogP contribution < -0.4 is 5.32 Å². The van der Waals surface area contributed by atoms with Gasteiger partial charge in [-0.25, -0.2) is 0 Å². The molecule has 2 heteroatoms. The van der Waals surface area contributed by atoms with Crippen molar-refractivity contribution in [3.63, 3.8) is 0 Å². The minimum atomic E-state index is 0.544. The van der Waals surface area contributed by atoms with Gasteiger partial charge in [0.05, 0.1) is 0 Å². The number of nitrogens with one attached hydrogen (secondary N) is 1. The monoisotopic (exact) mass is 266 g/mol. The van der Waals surface area contributed by atoms with Gasteiger partial charge in [0.1, 0.15) is 0 Å². The average Bonchev–Trinajstić information content (AvgIpc) is 2.34. The Morgan fingerprint density at radius 1 is 1.21 bits per heavy atom. The standard InChI is InChI=1S/C17H34N2/c1-13-7-6-10-19(14(13)2)12-15-11-17(3,4)9-8-16(15)18-5/h13-16,18H,6-12H2,1-5H3. The second kappa shape index (κ2) is 6.13. The van der Waals surface area contributed by atoms with Gasteiger partial charge in [-0.15, -0.1) is 0 Å². The van der Waals surface area contributed by atoms with Crippen molar-refractivity contribution in [1.29, 1.82) is 0 Å². The quantitative estimate of drug-likeness (QED) is 0.841. The largest absolute Gasteiger partial charge is 0.317 e. The van der Waals surface area contributed by atoms with E-state index in [0.29, 0.717) is 5.41 Å². The molecule has 19 heavy (non-hydrogen) atoms. The first-order chi connectivity index (χ1) is 8.93. The molecule has 1 saturated heterocycles. The Kier molecular flexibility index (Phi) is 4.94. The molecule has 0 aromatic carbocycles. The Bertz CT molecular complexity index is 287. The number of hydrogen-bond donors (Lipinski definition) is 1. The molecule has 0 amide bonds. The van der Waals surface area contributed by atoms with Gasteiger partial charge in [0, 0.05) is 18.6 Å². The van der Waals surface area contributed by atoms with E-state index >= 15 is 0 Å². The fourth-order valence-corrected chi connectivity index (χ4v) is 4.29. The van der Waals surface area contributed by atoms with Gasteiger partial charge in [0.15, 0.2) is 0 Å². The maximum atomic E-state index is 3.58. The highest BCUT2D eigenvalue weighted by molar-refractivity contribution is 4.91. The average molecular weight is 266 g/mol. The van der Waals surface area contributed by atoms with Gasteiger partial charge < -0.3 is 10.2 Å². The molecule has 2 nitrogen and oxygen atoms in total. The number of nitrogens with zero attached hydrogens (tertiary/aromatic N) is 1. The van der Waals surface area contributed by atoms with Crippen molar-refractivity contribution in [1.82, 2.24) is 10.2 Å². The van der Waals surface area contributed by atoms with E-state index in [1.165, 1.54) is 45.2 Å². The van der Waals surface area contributed by atoms with Crippen molar-refractivity contribution in [2.45, 2.75) is 71.9 Å². The van der Waals surface area contributed by atoms with Gasteiger partial charge in [-0.05, 0) is 69.9 Å². The molecular weight excluding hydrogens is 232 g/mol. The van der Waals surface area contributed by atoms with Crippen LogP contribution in [-0.4, -0.2) is 37.1 Å². The third kappa shape index (κ3) is 3.72. The highest BCUT2D eigenvalue weighted by Crippen LogP contribution is 2.39. The van der Waals surface area contributed by atoms with Crippen LogP contribution in [0.4, 0.5) is 0 Å². The summed E-state index contributed by atoms with van der Waals surface area (Å²) < 4.78 is 0. The van der Waals surface area contributed by atoms with E-state index in [4.69, 9.17) is 0 Å². The Balaban J connectivity index is 1.98. The first-order valence-corrected chi connectivity index (χ1v) is 8.34. The van der Waals surface area contributed by atoms with Crippen LogP contribution in [0, 0.1) is 17.3 Å². The smallest absolute Gasteiger partial charge is 0.0105 e. The Morgan fingerprint density at radius 2 is 1.95 bits per heavy atom. The molecule has 4 unspecified atom stereocenters. The lowest BCUT2D eigenvalue weighted by molar-refractivity contribution is 0.0530. The van der Waals surface area contributed by atoms with Crippen molar-refractivity contribution in [3.8, 4) is 0 Å². The van der Waals surface area contributed by atoms with E-state index in [-0.39, 0.29) is 0 Å². The first-order valence-electron chi connectivity index (χ1n) is 8.34. The molecule has 1 aliphatic carbocycles. The molecule has 1 heterocycles. The Morgan fingerprint density at radius 3 is 2.63 bits per heavy atom. The van der Waals surface area contributed by atoms with Gasteiger partial charge in [-0.1, -0.05) is 20.8 Å². The van der Waals surface area contributed by atoms with E-state index in [1.54, 1.807) is 0 Å². The number of hydrogen-bond acceptors (Lipinski definition) is 2. The van der Waals surface area contributed by atoms with Gasteiger partial charge in [-0.2, -0.15) is 0 Å². The van der Waals surface area contributed by atoms with Crippen LogP contribution in [0.5, 0.6) is 0 Å². The lowest BCUT2D eigenvalue weighted by Crippen LogP contribution is -2.50. The van der Waals surface area contributed by atoms with Crippen molar-refractivity contribution >= 4 is 0 Å². The van der Waals surface area contributed by atoms with Crippen LogP contribution in [0.1, 0.15) is 59.8 Å². The minimum Gasteiger partial charge on any atom is -0.317 e. The topological polar surface area (TPSA) is 15.3 Å². The second-order valence-corrected chi connectivity index (χ2v) is 7.92. The zero-order valence-electron chi connectivity index (χ0n) is 13.7. The van der Waals surface area contributed by atoms with Crippen LogP contribution in [0.2, 0.25) is 0 Å². The first kappa shape index (κ1) is 15.3. The lowest BCUT2D eigenvalue weighted by atomic mass is 9.69. The van der Waals surface area contributed by atoms with Gasteiger partial charge in [0.25, 0.3) is 0 Å². The zero-order chi connectivity index (χ0) is 14.0. The second-order valence-electron chi connectivity index (χ2n) is 7.92. The van der Waals surface area contributed by atoms with Gasteiger partial charge >= 0.3 is 0 Å². The summed E-state index contributed by atoms with van der Waals surface area (Å²) in [5.41, 5.74) is 0.544. The normalized spacial score (nSPS) is 40.3. The van der Waals surface area contributed by atoms with Crippen LogP contribution in [0.25, 0.3) is 0 Å². The van der Waals surface area contributed by atoms with E-state index in [1.807, 2.05) is 0 Å². The summed E-state index contributed by atoms with van der Waals surface area (Å²) in [6, 6.07) is 1.51. The molecule has 1 aliphatic heterocycles. The molecule has 1 N–H and O–H groups in total. The molecule has 0 aromatic heterocycles. The summed E-state index contributed by atoms with van der Waals surface area (Å²) in [6.07, 6.45) is 6.93. The van der Waals surface area contributed by atoms with Crippen molar-refractivity contribution in [2.75, 3.05) is 20.1 Å². The predicted octanol–water partition coefficient (Wildman–Crippen LogP) is 3.52. The third-order valence-electron chi connectivity index (χ3n) is 5.86. The Hall–Kier alpha value is -0.0800. The van der Waals surface area contributed by atoms with Crippen molar-refractivity contribution in [2.24, 2.45) is 17.3 Å². The summed E-state index contributed by atoms with van der Waals surface area (Å²) in [6.45, 7) is 12.4. The number of piperidine rings is 1. The van der Waals surface area contributed by atoms with Crippen LogP contribution >= 0.6 is 0 Å². The third-order valence-corrected chi connectivity index (χ3v) is 5.86. The summed E-state index contributed by atoms with van der Waals surface area (Å²) in [4.78, 5) is 2.77. The maximum absolute atomic E-state index is 3.58. The van der Waals surface area contributed by atoms with Gasteiger partial charge in [-0.3, -0.25) is 0 Å². The molecule has 112 valence electrons. The van der Waals surface area contributed by atoms with E-state index in [2.05, 4.69) is 45.0 Å². The van der Waals surface area contributed by atoms with Crippen LogP contribution in [0.15, 0.2) is 0 Å². The van der Waals surface area contributed by atoms with Gasteiger partial charge in [0.2, 0.25) is 0 Å². The predicted molar refractivity (Wildman–Crippen MR) is 83.4 cm³/mol. The highest BCUT2D eigenvalue weighted by Gasteiger charge is 2.36. The molecule has 0 bridgehead atoms. The van der Waals surface area contributed by atoms with E-state index in [0.717, 1.165) is 23.9 Å². The molecular formula is C17H34N2. The van der Waals surface area contributed by atoms with E-state index < -0.39 is 0 Å². The summed E-state index contributed by atoms with van der Waals surface area (Å²) in [5.74, 6) is 1.71. The number of rotatable bonds is 3. The van der Waals surface area contributed by atoms with Crippen molar-refractivity contribution < 1.29 is 0 Å². The lowest BCUT2D eigenvalue weighted by Gasteiger charge is -2.46. The summed E-state index contributed by atoms with van der Waals surface area (Å²) >= 11 is 0. The fourth-order valence-electron chi connectivity index (χ4n) is 4.29. The molecule has 0 radical (unpaired) electrons. The minimum absolute atomic E-state index is 0.544. The number of likely N-dealkylation sites (tertiary alicyclic amines) is 1. The molecule has 1 saturated carbocycles. The fraction of sp³-hybridized carbons (Fsp3) is 1.00. The zero-order valence-corrected chi connectivity index (χ0v) is 13.7. The molecule has 2 fully saturated rings. The van der Waals surface area contributed by atoms with E-state index in [9.17, 15) is 0 Å². The molecule has 0 spiro atoms. The SMILES string of the molecule is CNC1CCC(C)(C)CC1CN1CCCC(C)C1C. The highest BCUT2D eigenvalue weighted by atomic mass is 15.2. The Labute approximate surface area is 120 Å².